The van der Waals surface area contributed by atoms with Crippen molar-refractivity contribution in [1.29, 1.82) is 0 Å². The number of rotatable bonds is 4. The summed E-state index contributed by atoms with van der Waals surface area (Å²) in [6, 6.07) is 5.41. The molecule has 0 saturated heterocycles. The highest BCUT2D eigenvalue weighted by atomic mass is 35.5. The highest BCUT2D eigenvalue weighted by Gasteiger charge is 2.12. The molecule has 0 aliphatic carbocycles. The first-order valence-corrected chi connectivity index (χ1v) is 6.02. The number of aromatic amines is 1. The van der Waals surface area contributed by atoms with E-state index in [1.807, 2.05) is 12.1 Å². The Morgan fingerprint density at radius 3 is 3.00 bits per heavy atom. The fourth-order valence-corrected chi connectivity index (χ4v) is 2.12. The van der Waals surface area contributed by atoms with Crippen molar-refractivity contribution in [2.75, 3.05) is 7.11 Å². The van der Waals surface area contributed by atoms with Crippen molar-refractivity contribution < 1.29 is 9.84 Å². The van der Waals surface area contributed by atoms with Gasteiger partial charge in [-0.1, -0.05) is 17.7 Å². The number of nitrogens with zero attached hydrogens (tertiary/aromatic N) is 2. The molecule has 7 heteroatoms. The van der Waals surface area contributed by atoms with Crippen LogP contribution in [0, 0.1) is 4.77 Å². The molecule has 0 radical (unpaired) electrons. The van der Waals surface area contributed by atoms with Crippen LogP contribution in [0.5, 0.6) is 5.75 Å². The van der Waals surface area contributed by atoms with E-state index in [0.717, 1.165) is 5.56 Å². The average molecular weight is 286 g/mol. The lowest BCUT2D eigenvalue weighted by Gasteiger charge is -2.11. The van der Waals surface area contributed by atoms with Gasteiger partial charge in [0.1, 0.15) is 12.4 Å². The first-order valence-electron chi connectivity index (χ1n) is 5.23. The number of aliphatic hydroxyl groups is 1. The summed E-state index contributed by atoms with van der Waals surface area (Å²) in [7, 11) is 1.58. The van der Waals surface area contributed by atoms with Crippen molar-refractivity contribution in [2.45, 2.75) is 13.2 Å². The number of halogens is 1. The van der Waals surface area contributed by atoms with Gasteiger partial charge in [0.05, 0.1) is 13.7 Å². The third-order valence-electron chi connectivity index (χ3n) is 2.59. The van der Waals surface area contributed by atoms with E-state index in [-0.39, 0.29) is 6.61 Å². The SMILES string of the molecule is COc1cccc(Cl)c1Cn1c(CO)n[nH]c1=S. The van der Waals surface area contributed by atoms with Crippen molar-refractivity contribution in [1.82, 2.24) is 14.8 Å². The number of ether oxygens (including phenoxy) is 1. The van der Waals surface area contributed by atoms with Gasteiger partial charge in [-0.05, 0) is 24.4 Å². The van der Waals surface area contributed by atoms with Crippen LogP contribution in [0.25, 0.3) is 0 Å². The summed E-state index contributed by atoms with van der Waals surface area (Å²) < 4.78 is 7.37. The molecule has 0 bridgehead atoms. The average Bonchev–Trinajstić information content (AvgIpc) is 2.73. The van der Waals surface area contributed by atoms with Crippen LogP contribution < -0.4 is 4.74 Å². The van der Waals surface area contributed by atoms with Crippen molar-refractivity contribution in [2.24, 2.45) is 0 Å². The predicted molar refractivity (Wildman–Crippen MR) is 70.4 cm³/mol. The van der Waals surface area contributed by atoms with Crippen LogP contribution >= 0.6 is 23.8 Å². The minimum Gasteiger partial charge on any atom is -0.496 e. The zero-order valence-electron chi connectivity index (χ0n) is 9.68. The fourth-order valence-electron chi connectivity index (χ4n) is 1.68. The predicted octanol–water partition coefficient (Wildman–Crippen LogP) is 2.14. The van der Waals surface area contributed by atoms with Gasteiger partial charge in [-0.2, -0.15) is 5.10 Å². The molecule has 96 valence electrons. The van der Waals surface area contributed by atoms with Crippen molar-refractivity contribution in [3.8, 4) is 5.75 Å². The summed E-state index contributed by atoms with van der Waals surface area (Å²) in [5.74, 6) is 1.14. The van der Waals surface area contributed by atoms with Gasteiger partial charge in [0.15, 0.2) is 10.6 Å². The number of benzene rings is 1. The highest BCUT2D eigenvalue weighted by molar-refractivity contribution is 7.71. The summed E-state index contributed by atoms with van der Waals surface area (Å²) in [6.45, 7) is 0.202. The van der Waals surface area contributed by atoms with Crippen molar-refractivity contribution in [3.63, 3.8) is 0 Å². The van der Waals surface area contributed by atoms with Crippen molar-refractivity contribution in [3.05, 3.63) is 39.4 Å². The number of aliphatic hydroxyl groups excluding tert-OH is 1. The molecule has 0 atom stereocenters. The Kier molecular flexibility index (Phi) is 4.00. The van der Waals surface area contributed by atoms with Gasteiger partial charge in [-0.25, -0.2) is 0 Å². The molecule has 0 saturated carbocycles. The van der Waals surface area contributed by atoms with Crippen LogP contribution in [0.15, 0.2) is 18.2 Å². The Bertz CT molecular complexity index is 609. The summed E-state index contributed by atoms with van der Waals surface area (Å²) in [6.07, 6.45) is 0. The second kappa shape index (κ2) is 5.51. The zero-order chi connectivity index (χ0) is 13.1. The monoisotopic (exact) mass is 285 g/mol. The number of hydrogen-bond acceptors (Lipinski definition) is 4. The van der Waals surface area contributed by atoms with E-state index in [9.17, 15) is 5.11 Å². The lowest BCUT2D eigenvalue weighted by Crippen LogP contribution is -2.07. The third kappa shape index (κ3) is 2.40. The maximum Gasteiger partial charge on any atom is 0.195 e. The molecule has 18 heavy (non-hydrogen) atoms. The molecular formula is C11H12ClN3O2S. The van der Waals surface area contributed by atoms with Crippen LogP contribution in [0.4, 0.5) is 0 Å². The quantitative estimate of drug-likeness (QED) is 0.845. The van der Waals surface area contributed by atoms with Gasteiger partial charge in [-0.15, -0.1) is 0 Å². The van der Waals surface area contributed by atoms with Crippen LogP contribution in [-0.2, 0) is 13.2 Å². The van der Waals surface area contributed by atoms with E-state index in [1.54, 1.807) is 17.7 Å². The lowest BCUT2D eigenvalue weighted by molar-refractivity contribution is 0.265. The Labute approximate surface area is 114 Å². The van der Waals surface area contributed by atoms with Gasteiger partial charge >= 0.3 is 0 Å². The Hall–Kier alpha value is -1.37. The highest BCUT2D eigenvalue weighted by Crippen LogP contribution is 2.27. The molecule has 2 N–H and O–H groups in total. The normalized spacial score (nSPS) is 10.6. The number of aromatic nitrogens is 3. The summed E-state index contributed by atoms with van der Waals surface area (Å²) >= 11 is 11.3. The van der Waals surface area contributed by atoms with E-state index in [1.165, 1.54) is 0 Å². The van der Waals surface area contributed by atoms with Gasteiger partial charge in [-0.3, -0.25) is 9.67 Å². The molecule has 0 unspecified atom stereocenters. The van der Waals surface area contributed by atoms with Crippen LogP contribution in [-0.4, -0.2) is 27.0 Å². The van der Waals surface area contributed by atoms with Crippen LogP contribution in [0.1, 0.15) is 11.4 Å². The second-order valence-electron chi connectivity index (χ2n) is 3.61. The largest absolute Gasteiger partial charge is 0.496 e. The standard InChI is InChI=1S/C11H12ClN3O2S/c1-17-9-4-2-3-8(12)7(9)5-15-10(6-16)13-14-11(15)18/h2-4,16H,5-6H2,1H3,(H,14,18). The van der Waals surface area contributed by atoms with Gasteiger partial charge in [0.2, 0.25) is 0 Å². The van der Waals surface area contributed by atoms with Gasteiger partial charge in [0, 0.05) is 10.6 Å². The minimum atomic E-state index is -0.195. The molecular weight excluding hydrogens is 274 g/mol. The van der Waals surface area contributed by atoms with E-state index in [0.29, 0.717) is 27.9 Å². The van der Waals surface area contributed by atoms with Gasteiger partial charge < -0.3 is 9.84 Å². The summed E-state index contributed by atoms with van der Waals surface area (Å²) in [5, 5.41) is 16.3. The minimum absolute atomic E-state index is 0.195. The molecule has 0 amide bonds. The Balaban J connectivity index is 2.45. The smallest absolute Gasteiger partial charge is 0.195 e. The maximum absolute atomic E-state index is 9.19. The summed E-state index contributed by atoms with van der Waals surface area (Å²) in [4.78, 5) is 0. The summed E-state index contributed by atoms with van der Waals surface area (Å²) in [5.41, 5.74) is 0.800. The third-order valence-corrected chi connectivity index (χ3v) is 3.26. The molecule has 5 nitrogen and oxygen atoms in total. The van der Waals surface area contributed by atoms with E-state index >= 15 is 0 Å². The lowest BCUT2D eigenvalue weighted by atomic mass is 10.2. The van der Waals surface area contributed by atoms with E-state index < -0.39 is 0 Å². The van der Waals surface area contributed by atoms with E-state index in [2.05, 4.69) is 10.2 Å². The maximum atomic E-state index is 9.19. The molecule has 0 aliphatic heterocycles. The molecule has 2 rings (SSSR count). The Morgan fingerprint density at radius 2 is 2.33 bits per heavy atom. The zero-order valence-corrected chi connectivity index (χ0v) is 11.3. The number of hydrogen-bond donors (Lipinski definition) is 2. The van der Waals surface area contributed by atoms with Crippen molar-refractivity contribution >= 4 is 23.8 Å². The first-order chi connectivity index (χ1) is 8.67. The number of H-pyrrole nitrogens is 1. The van der Waals surface area contributed by atoms with Crippen LogP contribution in [0.3, 0.4) is 0 Å². The number of nitrogens with one attached hydrogen (secondary N) is 1. The first kappa shape index (κ1) is 13.1. The molecule has 0 spiro atoms. The molecule has 1 heterocycles. The molecule has 0 aliphatic rings. The molecule has 2 aromatic rings. The molecule has 1 aromatic carbocycles. The topological polar surface area (TPSA) is 63.1 Å². The Morgan fingerprint density at radius 1 is 1.56 bits per heavy atom. The second-order valence-corrected chi connectivity index (χ2v) is 4.40. The fraction of sp³-hybridized carbons (Fsp3) is 0.273. The number of methoxy groups -OCH3 is 1. The van der Waals surface area contributed by atoms with E-state index in [4.69, 9.17) is 28.6 Å². The van der Waals surface area contributed by atoms with Crippen LogP contribution in [0.2, 0.25) is 5.02 Å². The molecule has 1 aromatic heterocycles. The van der Waals surface area contributed by atoms with Gasteiger partial charge in [0.25, 0.3) is 0 Å². The molecule has 0 fully saturated rings.